The number of carboxylic acid groups (broad SMARTS) is 1. The van der Waals surface area contributed by atoms with Crippen LogP contribution in [0.5, 0.6) is 0 Å². The second kappa shape index (κ2) is 9.11. The highest BCUT2D eigenvalue weighted by Crippen LogP contribution is 2.28. The van der Waals surface area contributed by atoms with E-state index in [2.05, 4.69) is 12.2 Å². The molecule has 1 aromatic heterocycles. The molecule has 0 radical (unpaired) electrons. The lowest BCUT2D eigenvalue weighted by atomic mass is 10.1. The fourth-order valence-electron chi connectivity index (χ4n) is 2.74. The third kappa shape index (κ3) is 5.24. The van der Waals surface area contributed by atoms with E-state index in [9.17, 15) is 9.59 Å². The molecular weight excluding hydrogens is 320 g/mol. The zero-order valence-corrected chi connectivity index (χ0v) is 14.9. The van der Waals surface area contributed by atoms with E-state index in [-0.39, 0.29) is 12.5 Å². The monoisotopic (exact) mass is 346 g/mol. The quantitative estimate of drug-likeness (QED) is 0.677. The number of carbonyl (C=O) groups excluding carboxylic acids is 1. The maximum Gasteiger partial charge on any atom is 0.317 e. The van der Waals surface area contributed by atoms with Crippen LogP contribution in [0.25, 0.3) is 11.0 Å². The van der Waals surface area contributed by atoms with Gasteiger partial charge in [-0.25, -0.2) is 4.79 Å². The van der Waals surface area contributed by atoms with Crippen molar-refractivity contribution in [2.24, 2.45) is 0 Å². The Labute approximate surface area is 147 Å². The number of nitrogens with zero attached hydrogens (tertiary/aromatic N) is 1. The highest BCUT2D eigenvalue weighted by atomic mass is 16.4. The lowest BCUT2D eigenvalue weighted by molar-refractivity contribution is -0.137. The Morgan fingerprint density at radius 3 is 2.72 bits per heavy atom. The van der Waals surface area contributed by atoms with E-state index in [4.69, 9.17) is 9.52 Å². The van der Waals surface area contributed by atoms with Gasteiger partial charge in [-0.3, -0.25) is 4.79 Å². The first-order valence-electron chi connectivity index (χ1n) is 8.73. The topological polar surface area (TPSA) is 82.8 Å². The lowest BCUT2D eigenvalue weighted by Crippen LogP contribution is -2.37. The van der Waals surface area contributed by atoms with E-state index in [0.29, 0.717) is 19.5 Å². The Balaban J connectivity index is 2.04. The van der Waals surface area contributed by atoms with Gasteiger partial charge in [-0.2, -0.15) is 0 Å². The molecule has 0 fully saturated rings. The number of para-hydroxylation sites is 1. The second-order valence-electron chi connectivity index (χ2n) is 6.19. The second-order valence-corrected chi connectivity index (χ2v) is 6.19. The molecule has 1 aromatic carbocycles. The van der Waals surface area contributed by atoms with E-state index in [0.717, 1.165) is 41.6 Å². The molecule has 136 valence electrons. The predicted octanol–water partition coefficient (Wildman–Crippen LogP) is 3.78. The molecule has 0 saturated heterocycles. The van der Waals surface area contributed by atoms with Crippen LogP contribution in [-0.4, -0.2) is 35.6 Å². The van der Waals surface area contributed by atoms with E-state index in [1.807, 2.05) is 24.3 Å². The van der Waals surface area contributed by atoms with Crippen molar-refractivity contribution >= 4 is 23.0 Å². The van der Waals surface area contributed by atoms with Gasteiger partial charge in [0.15, 0.2) is 0 Å². The standard InChI is InChI=1S/C19H26N2O4/c1-3-4-9-17-15(14-8-5-6-10-16(14)25-17)13-21(2)19(24)20-12-7-11-18(22)23/h5-6,8,10H,3-4,7,9,11-13H2,1-2H3,(H,20,24)(H,22,23). The molecule has 0 saturated carbocycles. The van der Waals surface area contributed by atoms with Crippen LogP contribution in [0.3, 0.4) is 0 Å². The summed E-state index contributed by atoms with van der Waals surface area (Å²) < 4.78 is 5.98. The van der Waals surface area contributed by atoms with Crippen LogP contribution in [0.1, 0.15) is 43.9 Å². The number of aryl methyl sites for hydroxylation is 1. The fourth-order valence-corrected chi connectivity index (χ4v) is 2.74. The summed E-state index contributed by atoms with van der Waals surface area (Å²) in [5.41, 5.74) is 1.89. The van der Waals surface area contributed by atoms with Crippen molar-refractivity contribution in [1.82, 2.24) is 10.2 Å². The zero-order chi connectivity index (χ0) is 18.2. The summed E-state index contributed by atoms with van der Waals surface area (Å²) >= 11 is 0. The lowest BCUT2D eigenvalue weighted by Gasteiger charge is -2.18. The molecule has 2 N–H and O–H groups in total. The smallest absolute Gasteiger partial charge is 0.317 e. The van der Waals surface area contributed by atoms with Crippen LogP contribution in [0, 0.1) is 0 Å². The summed E-state index contributed by atoms with van der Waals surface area (Å²) in [6.45, 7) is 2.95. The summed E-state index contributed by atoms with van der Waals surface area (Å²) in [5, 5.41) is 12.4. The molecule has 0 aliphatic carbocycles. The van der Waals surface area contributed by atoms with E-state index in [1.165, 1.54) is 0 Å². The minimum Gasteiger partial charge on any atom is -0.481 e. The average Bonchev–Trinajstić information content (AvgIpc) is 2.94. The van der Waals surface area contributed by atoms with Gasteiger partial charge in [0.2, 0.25) is 0 Å². The highest BCUT2D eigenvalue weighted by molar-refractivity contribution is 5.83. The SMILES string of the molecule is CCCCc1oc2ccccc2c1CN(C)C(=O)NCCCC(=O)O. The number of furan rings is 1. The minimum absolute atomic E-state index is 0.0531. The van der Waals surface area contributed by atoms with Crippen molar-refractivity contribution in [3.8, 4) is 0 Å². The number of urea groups is 1. The summed E-state index contributed by atoms with van der Waals surface area (Å²) in [5.74, 6) is 0.0848. The van der Waals surface area contributed by atoms with Crippen LogP contribution in [0.15, 0.2) is 28.7 Å². The number of nitrogens with one attached hydrogen (secondary N) is 1. The number of rotatable bonds is 9. The number of fused-ring (bicyclic) bond motifs is 1. The Morgan fingerprint density at radius 1 is 1.24 bits per heavy atom. The number of aliphatic carboxylic acids is 1. The van der Waals surface area contributed by atoms with Crippen LogP contribution >= 0.6 is 0 Å². The third-order valence-electron chi connectivity index (χ3n) is 4.12. The molecule has 25 heavy (non-hydrogen) atoms. The molecule has 6 nitrogen and oxygen atoms in total. The van der Waals surface area contributed by atoms with Gasteiger partial charge in [0.1, 0.15) is 11.3 Å². The van der Waals surface area contributed by atoms with Crippen LogP contribution in [0.2, 0.25) is 0 Å². The third-order valence-corrected chi connectivity index (χ3v) is 4.12. The van der Waals surface area contributed by atoms with Crippen LogP contribution in [-0.2, 0) is 17.8 Å². The largest absolute Gasteiger partial charge is 0.481 e. The van der Waals surface area contributed by atoms with Crippen LogP contribution < -0.4 is 5.32 Å². The van der Waals surface area contributed by atoms with Crippen molar-refractivity contribution in [3.05, 3.63) is 35.6 Å². The first-order chi connectivity index (χ1) is 12.0. The summed E-state index contributed by atoms with van der Waals surface area (Å²) in [6.07, 6.45) is 3.45. The molecule has 2 rings (SSSR count). The van der Waals surface area contributed by atoms with Gasteiger partial charge in [-0.1, -0.05) is 31.5 Å². The number of unbranched alkanes of at least 4 members (excludes halogenated alkanes) is 1. The molecular formula is C19H26N2O4. The molecule has 2 aromatic rings. The highest BCUT2D eigenvalue weighted by Gasteiger charge is 2.17. The van der Waals surface area contributed by atoms with Crippen molar-refractivity contribution in [2.75, 3.05) is 13.6 Å². The maximum atomic E-state index is 12.2. The van der Waals surface area contributed by atoms with Crippen molar-refractivity contribution in [2.45, 2.75) is 45.6 Å². The number of carbonyl (C=O) groups is 2. The number of hydrogen-bond acceptors (Lipinski definition) is 3. The fraction of sp³-hybridized carbons (Fsp3) is 0.474. The summed E-state index contributed by atoms with van der Waals surface area (Å²) in [4.78, 5) is 24.3. The number of carboxylic acids is 1. The van der Waals surface area contributed by atoms with Gasteiger partial charge in [0.25, 0.3) is 0 Å². The number of amides is 2. The number of benzene rings is 1. The Bertz CT molecular complexity index is 723. The molecule has 0 aliphatic rings. The molecule has 0 aliphatic heterocycles. The Morgan fingerprint density at radius 2 is 2.00 bits per heavy atom. The summed E-state index contributed by atoms with van der Waals surface area (Å²) in [7, 11) is 1.73. The molecule has 0 spiro atoms. The maximum absolute atomic E-state index is 12.2. The first-order valence-corrected chi connectivity index (χ1v) is 8.73. The van der Waals surface area contributed by atoms with E-state index < -0.39 is 5.97 Å². The molecule has 0 atom stereocenters. The normalized spacial score (nSPS) is 10.8. The van der Waals surface area contributed by atoms with Gasteiger partial charge < -0.3 is 19.7 Å². The van der Waals surface area contributed by atoms with Crippen molar-refractivity contribution in [3.63, 3.8) is 0 Å². The number of hydrogen-bond donors (Lipinski definition) is 2. The van der Waals surface area contributed by atoms with Gasteiger partial charge in [0.05, 0.1) is 6.54 Å². The molecule has 6 heteroatoms. The zero-order valence-electron chi connectivity index (χ0n) is 14.9. The molecule has 0 bridgehead atoms. The van der Waals surface area contributed by atoms with Crippen LogP contribution in [0.4, 0.5) is 4.79 Å². The van der Waals surface area contributed by atoms with E-state index in [1.54, 1.807) is 11.9 Å². The van der Waals surface area contributed by atoms with Gasteiger partial charge >= 0.3 is 12.0 Å². The molecule has 0 unspecified atom stereocenters. The molecule has 2 amide bonds. The van der Waals surface area contributed by atoms with Gasteiger partial charge in [0, 0.05) is 37.4 Å². The molecule has 1 heterocycles. The Kier molecular flexibility index (Phi) is 6.86. The van der Waals surface area contributed by atoms with Gasteiger partial charge in [-0.05, 0) is 18.9 Å². The van der Waals surface area contributed by atoms with E-state index >= 15 is 0 Å². The average molecular weight is 346 g/mol. The minimum atomic E-state index is -0.854. The summed E-state index contributed by atoms with van der Waals surface area (Å²) in [6, 6.07) is 7.66. The Hall–Kier alpha value is -2.50. The van der Waals surface area contributed by atoms with Crippen molar-refractivity contribution < 1.29 is 19.1 Å². The first kappa shape index (κ1) is 18.8. The van der Waals surface area contributed by atoms with Crippen molar-refractivity contribution in [1.29, 1.82) is 0 Å². The predicted molar refractivity (Wildman–Crippen MR) is 96.6 cm³/mol. The van der Waals surface area contributed by atoms with Gasteiger partial charge in [-0.15, -0.1) is 0 Å².